The van der Waals surface area contributed by atoms with E-state index >= 15 is 0 Å². The van der Waals surface area contributed by atoms with Gasteiger partial charge in [-0.25, -0.2) is 0 Å². The Labute approximate surface area is 91.9 Å². The van der Waals surface area contributed by atoms with Gasteiger partial charge in [0.25, 0.3) is 0 Å². The lowest BCUT2D eigenvalue weighted by atomic mass is 10.3. The molecule has 0 spiro atoms. The number of rotatable bonds is 7. The SMILES string of the molecule is C#CCCCn1cc(CNCCC)cn1. The molecule has 0 aliphatic carbocycles. The molecule has 0 saturated heterocycles. The molecule has 0 fully saturated rings. The summed E-state index contributed by atoms with van der Waals surface area (Å²) in [6.07, 6.45) is 12.2. The Balaban J connectivity index is 2.26. The zero-order valence-corrected chi connectivity index (χ0v) is 9.37. The van der Waals surface area contributed by atoms with Crippen molar-refractivity contribution in [2.75, 3.05) is 6.54 Å². The summed E-state index contributed by atoms with van der Waals surface area (Å²) in [6.45, 7) is 5.04. The average molecular weight is 205 g/mol. The second kappa shape index (κ2) is 7.08. The van der Waals surface area contributed by atoms with E-state index in [0.29, 0.717) is 0 Å². The monoisotopic (exact) mass is 205 g/mol. The van der Waals surface area contributed by atoms with Crippen LogP contribution in [0.5, 0.6) is 0 Å². The van der Waals surface area contributed by atoms with E-state index in [1.165, 1.54) is 5.56 Å². The Morgan fingerprint density at radius 2 is 2.47 bits per heavy atom. The third-order valence-corrected chi connectivity index (χ3v) is 2.15. The van der Waals surface area contributed by atoms with Crippen molar-refractivity contribution in [3.63, 3.8) is 0 Å². The fourth-order valence-electron chi connectivity index (χ4n) is 1.37. The number of hydrogen-bond donors (Lipinski definition) is 1. The molecule has 0 unspecified atom stereocenters. The topological polar surface area (TPSA) is 29.9 Å². The average Bonchev–Trinajstić information content (AvgIpc) is 2.67. The molecule has 0 aromatic carbocycles. The van der Waals surface area contributed by atoms with Gasteiger partial charge in [0.1, 0.15) is 0 Å². The first kappa shape index (κ1) is 11.8. The van der Waals surface area contributed by atoms with E-state index in [1.807, 2.05) is 10.9 Å². The molecule has 3 heteroatoms. The van der Waals surface area contributed by atoms with Gasteiger partial charge in [-0.15, -0.1) is 12.3 Å². The minimum atomic E-state index is 0.823. The molecule has 1 rings (SSSR count). The number of aromatic nitrogens is 2. The van der Waals surface area contributed by atoms with E-state index in [4.69, 9.17) is 6.42 Å². The summed E-state index contributed by atoms with van der Waals surface area (Å²) >= 11 is 0. The Morgan fingerprint density at radius 3 is 3.20 bits per heavy atom. The van der Waals surface area contributed by atoms with Crippen molar-refractivity contribution in [1.82, 2.24) is 15.1 Å². The summed E-state index contributed by atoms with van der Waals surface area (Å²) in [7, 11) is 0. The molecule has 0 radical (unpaired) electrons. The molecule has 15 heavy (non-hydrogen) atoms. The van der Waals surface area contributed by atoms with Gasteiger partial charge in [-0.1, -0.05) is 6.92 Å². The fraction of sp³-hybridized carbons (Fsp3) is 0.583. The molecular formula is C12H19N3. The third-order valence-electron chi connectivity index (χ3n) is 2.15. The van der Waals surface area contributed by atoms with Gasteiger partial charge in [-0.3, -0.25) is 4.68 Å². The highest BCUT2D eigenvalue weighted by Gasteiger charge is 1.97. The van der Waals surface area contributed by atoms with E-state index in [9.17, 15) is 0 Å². The van der Waals surface area contributed by atoms with Gasteiger partial charge in [-0.05, 0) is 19.4 Å². The lowest BCUT2D eigenvalue weighted by Gasteiger charge is -1.99. The van der Waals surface area contributed by atoms with Crippen molar-refractivity contribution < 1.29 is 0 Å². The predicted molar refractivity (Wildman–Crippen MR) is 62.3 cm³/mol. The first-order valence-electron chi connectivity index (χ1n) is 5.52. The number of nitrogens with one attached hydrogen (secondary N) is 1. The molecule has 82 valence electrons. The lowest BCUT2D eigenvalue weighted by molar-refractivity contribution is 0.586. The van der Waals surface area contributed by atoms with E-state index < -0.39 is 0 Å². The van der Waals surface area contributed by atoms with E-state index in [-0.39, 0.29) is 0 Å². The Bertz CT molecular complexity index is 309. The van der Waals surface area contributed by atoms with Crippen molar-refractivity contribution in [3.05, 3.63) is 18.0 Å². The third kappa shape index (κ3) is 4.66. The Morgan fingerprint density at radius 1 is 1.60 bits per heavy atom. The minimum absolute atomic E-state index is 0.823. The van der Waals surface area contributed by atoms with Crippen molar-refractivity contribution in [2.45, 2.75) is 39.3 Å². The van der Waals surface area contributed by atoms with Gasteiger partial charge in [0.2, 0.25) is 0 Å². The van der Waals surface area contributed by atoms with E-state index in [2.05, 4.69) is 29.5 Å². The number of unbranched alkanes of at least 4 members (excludes halogenated alkanes) is 1. The van der Waals surface area contributed by atoms with Crippen LogP contribution in [-0.4, -0.2) is 16.3 Å². The van der Waals surface area contributed by atoms with Gasteiger partial charge in [0, 0.05) is 31.3 Å². The second-order valence-corrected chi connectivity index (χ2v) is 3.60. The van der Waals surface area contributed by atoms with Gasteiger partial charge >= 0.3 is 0 Å². The Hall–Kier alpha value is -1.27. The summed E-state index contributed by atoms with van der Waals surface area (Å²) in [5.41, 5.74) is 1.24. The maximum absolute atomic E-state index is 5.19. The van der Waals surface area contributed by atoms with Gasteiger partial charge in [0.05, 0.1) is 6.20 Å². The molecule has 1 aromatic heterocycles. The van der Waals surface area contributed by atoms with Crippen LogP contribution in [0.2, 0.25) is 0 Å². The second-order valence-electron chi connectivity index (χ2n) is 3.60. The highest BCUT2D eigenvalue weighted by atomic mass is 15.3. The Kier molecular flexibility index (Phi) is 5.57. The van der Waals surface area contributed by atoms with Gasteiger partial charge in [0.15, 0.2) is 0 Å². The molecule has 0 saturated carbocycles. The summed E-state index contributed by atoms with van der Waals surface area (Å²) in [5.74, 6) is 2.63. The predicted octanol–water partition coefficient (Wildman–Crippen LogP) is 1.80. The van der Waals surface area contributed by atoms with Crippen LogP contribution in [0.1, 0.15) is 31.7 Å². The molecule has 0 aliphatic rings. The molecule has 1 N–H and O–H groups in total. The smallest absolute Gasteiger partial charge is 0.0534 e. The lowest BCUT2D eigenvalue weighted by Crippen LogP contribution is -2.13. The van der Waals surface area contributed by atoms with Crippen molar-refractivity contribution in [1.29, 1.82) is 0 Å². The molecular weight excluding hydrogens is 186 g/mol. The maximum atomic E-state index is 5.19. The molecule has 0 amide bonds. The van der Waals surface area contributed by atoms with Crippen LogP contribution in [0.15, 0.2) is 12.4 Å². The maximum Gasteiger partial charge on any atom is 0.0534 e. The van der Waals surface area contributed by atoms with Crippen molar-refractivity contribution in [2.24, 2.45) is 0 Å². The van der Waals surface area contributed by atoms with Gasteiger partial charge < -0.3 is 5.32 Å². The van der Waals surface area contributed by atoms with Crippen LogP contribution in [0.3, 0.4) is 0 Å². The number of hydrogen-bond acceptors (Lipinski definition) is 2. The number of terminal acetylenes is 1. The molecule has 3 nitrogen and oxygen atoms in total. The number of nitrogens with zero attached hydrogens (tertiary/aromatic N) is 2. The first-order chi connectivity index (χ1) is 7.36. The van der Waals surface area contributed by atoms with Gasteiger partial charge in [-0.2, -0.15) is 5.10 Å². The fourth-order valence-corrected chi connectivity index (χ4v) is 1.37. The van der Waals surface area contributed by atoms with Crippen molar-refractivity contribution >= 4 is 0 Å². The zero-order valence-electron chi connectivity index (χ0n) is 9.37. The highest BCUT2D eigenvalue weighted by Crippen LogP contribution is 1.99. The summed E-state index contributed by atoms with van der Waals surface area (Å²) in [6, 6.07) is 0. The van der Waals surface area contributed by atoms with Crippen LogP contribution in [-0.2, 0) is 13.1 Å². The number of aryl methyl sites for hydroxylation is 1. The highest BCUT2D eigenvalue weighted by molar-refractivity contribution is 5.03. The normalized spacial score (nSPS) is 10.1. The van der Waals surface area contributed by atoms with Crippen LogP contribution >= 0.6 is 0 Å². The summed E-state index contributed by atoms with van der Waals surface area (Å²) in [5, 5.41) is 7.62. The van der Waals surface area contributed by atoms with Crippen LogP contribution in [0.25, 0.3) is 0 Å². The molecule has 1 heterocycles. The van der Waals surface area contributed by atoms with E-state index in [0.717, 1.165) is 38.9 Å². The molecule has 0 bridgehead atoms. The summed E-state index contributed by atoms with van der Waals surface area (Å²) < 4.78 is 1.96. The van der Waals surface area contributed by atoms with E-state index in [1.54, 1.807) is 0 Å². The van der Waals surface area contributed by atoms with Crippen LogP contribution < -0.4 is 5.32 Å². The largest absolute Gasteiger partial charge is 0.313 e. The quantitative estimate of drug-likeness (QED) is 0.543. The first-order valence-corrected chi connectivity index (χ1v) is 5.52. The summed E-state index contributed by atoms with van der Waals surface area (Å²) in [4.78, 5) is 0. The zero-order chi connectivity index (χ0) is 10.9. The molecule has 0 atom stereocenters. The van der Waals surface area contributed by atoms with Crippen LogP contribution in [0.4, 0.5) is 0 Å². The van der Waals surface area contributed by atoms with Crippen LogP contribution in [0, 0.1) is 12.3 Å². The molecule has 0 aliphatic heterocycles. The molecule has 1 aromatic rings. The standard InChI is InChI=1S/C12H19N3/c1-3-5-6-8-15-11-12(10-14-15)9-13-7-4-2/h1,10-11,13H,4-9H2,2H3. The minimum Gasteiger partial charge on any atom is -0.313 e. The van der Waals surface area contributed by atoms with Crippen molar-refractivity contribution in [3.8, 4) is 12.3 Å².